The fourth-order valence-electron chi connectivity index (χ4n) is 1.87. The molecule has 8 heteroatoms. The topological polar surface area (TPSA) is 78.0 Å². The number of thioether (sulfide) groups is 1. The van der Waals surface area contributed by atoms with Crippen LogP contribution >= 0.6 is 27.7 Å². The molecule has 0 saturated carbocycles. The molecule has 0 saturated heterocycles. The van der Waals surface area contributed by atoms with Gasteiger partial charge < -0.3 is 5.73 Å². The van der Waals surface area contributed by atoms with Gasteiger partial charge in [0.2, 0.25) is 0 Å². The van der Waals surface area contributed by atoms with Gasteiger partial charge in [0.25, 0.3) is 0 Å². The Labute approximate surface area is 130 Å². The van der Waals surface area contributed by atoms with Gasteiger partial charge in [0.15, 0.2) is 9.84 Å². The summed E-state index contributed by atoms with van der Waals surface area (Å²) in [5, 5.41) is 4.08. The van der Waals surface area contributed by atoms with Crippen LogP contribution in [0.1, 0.15) is 0 Å². The molecule has 1 aromatic heterocycles. The van der Waals surface area contributed by atoms with Crippen LogP contribution in [0.3, 0.4) is 0 Å². The van der Waals surface area contributed by atoms with Crippen molar-refractivity contribution in [3.8, 4) is 11.1 Å². The Balaban J connectivity index is 2.75. The van der Waals surface area contributed by atoms with Crippen LogP contribution in [0.4, 0.5) is 5.82 Å². The highest BCUT2D eigenvalue weighted by atomic mass is 79.9. The van der Waals surface area contributed by atoms with Crippen molar-refractivity contribution in [2.45, 2.75) is 9.79 Å². The van der Waals surface area contributed by atoms with E-state index in [0.717, 1.165) is 10.0 Å². The number of hydrogen-bond acceptors (Lipinski definition) is 5. The molecule has 2 N–H and O–H groups in total. The van der Waals surface area contributed by atoms with E-state index in [1.807, 2.05) is 12.3 Å². The molecule has 0 amide bonds. The maximum atomic E-state index is 12.0. The van der Waals surface area contributed by atoms with Crippen molar-refractivity contribution >= 4 is 43.3 Å². The molecule has 1 heterocycles. The highest BCUT2D eigenvalue weighted by molar-refractivity contribution is 9.10. The van der Waals surface area contributed by atoms with E-state index in [4.69, 9.17) is 5.73 Å². The lowest BCUT2D eigenvalue weighted by molar-refractivity contribution is 0.600. The highest BCUT2D eigenvalue weighted by Crippen LogP contribution is 2.38. The number of hydrogen-bond donors (Lipinski definition) is 1. The zero-order valence-electron chi connectivity index (χ0n) is 11.2. The first-order valence-electron chi connectivity index (χ1n) is 5.61. The minimum atomic E-state index is -3.32. The summed E-state index contributed by atoms with van der Waals surface area (Å²) in [7, 11) is -1.59. The van der Waals surface area contributed by atoms with Crippen molar-refractivity contribution in [2.24, 2.45) is 7.05 Å². The third kappa shape index (κ3) is 2.72. The molecule has 0 unspecified atom stereocenters. The van der Waals surface area contributed by atoms with E-state index in [-0.39, 0.29) is 4.90 Å². The summed E-state index contributed by atoms with van der Waals surface area (Å²) >= 11 is 4.81. The lowest BCUT2D eigenvalue weighted by Crippen LogP contribution is -2.01. The quantitative estimate of drug-likeness (QED) is 0.833. The molecule has 0 atom stereocenters. The molecule has 2 aromatic rings. The maximum Gasteiger partial charge on any atom is 0.176 e. The molecule has 0 aliphatic heterocycles. The Morgan fingerprint density at radius 3 is 2.50 bits per heavy atom. The molecule has 0 bridgehead atoms. The second kappa shape index (κ2) is 5.42. The first-order chi connectivity index (χ1) is 9.25. The van der Waals surface area contributed by atoms with Gasteiger partial charge in [0, 0.05) is 28.2 Å². The van der Waals surface area contributed by atoms with Gasteiger partial charge in [-0.15, -0.1) is 11.8 Å². The van der Waals surface area contributed by atoms with Crippen LogP contribution in [-0.2, 0) is 16.9 Å². The summed E-state index contributed by atoms with van der Waals surface area (Å²) in [4.78, 5) is 0.983. The van der Waals surface area contributed by atoms with Gasteiger partial charge in [-0.05, 0) is 39.9 Å². The fraction of sp³-hybridized carbons (Fsp3) is 0.250. The van der Waals surface area contributed by atoms with Crippen LogP contribution < -0.4 is 5.73 Å². The Morgan fingerprint density at radius 2 is 2.05 bits per heavy atom. The van der Waals surface area contributed by atoms with E-state index in [1.54, 1.807) is 24.0 Å². The number of rotatable bonds is 3. The standard InChI is InChI=1S/C12H14BrN3O2S2/c1-16-12(14)8(6-15-16)7-4-9(13)11(19-2)10(5-7)20(3,17)18/h4-6H,14H2,1-3H3. The van der Waals surface area contributed by atoms with Gasteiger partial charge in [0.1, 0.15) is 5.82 Å². The third-order valence-corrected chi connectivity index (χ3v) is 5.89. The Bertz CT molecular complexity index is 769. The van der Waals surface area contributed by atoms with Gasteiger partial charge in [0.05, 0.1) is 11.1 Å². The number of nitrogens with two attached hydrogens (primary N) is 1. The van der Waals surface area contributed by atoms with E-state index in [1.165, 1.54) is 18.0 Å². The Hall–Kier alpha value is -0.990. The van der Waals surface area contributed by atoms with Crippen LogP contribution in [0, 0.1) is 0 Å². The predicted octanol–water partition coefficient (Wildman–Crippen LogP) is 2.56. The van der Waals surface area contributed by atoms with Crippen LogP contribution in [0.15, 0.2) is 32.6 Å². The first kappa shape index (κ1) is 15.4. The Morgan fingerprint density at radius 1 is 1.40 bits per heavy atom. The number of anilines is 1. The van der Waals surface area contributed by atoms with E-state index in [2.05, 4.69) is 21.0 Å². The minimum absolute atomic E-state index is 0.289. The SMILES string of the molecule is CSc1c(Br)cc(-c2cnn(C)c2N)cc1S(C)(=O)=O. The van der Waals surface area contributed by atoms with E-state index in [9.17, 15) is 8.42 Å². The van der Waals surface area contributed by atoms with Gasteiger partial charge in [-0.25, -0.2) is 8.42 Å². The molecule has 0 aliphatic carbocycles. The number of aromatic nitrogens is 2. The van der Waals surface area contributed by atoms with Gasteiger partial charge in [-0.3, -0.25) is 4.68 Å². The van der Waals surface area contributed by atoms with Crippen LogP contribution in [0.5, 0.6) is 0 Å². The van der Waals surface area contributed by atoms with Crippen molar-refractivity contribution in [1.29, 1.82) is 0 Å². The molecule has 0 radical (unpaired) electrons. The van der Waals surface area contributed by atoms with Crippen molar-refractivity contribution in [1.82, 2.24) is 9.78 Å². The molecular formula is C12H14BrN3O2S2. The molecule has 2 rings (SSSR count). The number of sulfone groups is 1. The average Bonchev–Trinajstić information content (AvgIpc) is 2.68. The molecular weight excluding hydrogens is 362 g/mol. The first-order valence-corrected chi connectivity index (χ1v) is 9.52. The van der Waals surface area contributed by atoms with Crippen LogP contribution in [0.2, 0.25) is 0 Å². The molecule has 0 aliphatic rings. The van der Waals surface area contributed by atoms with E-state index < -0.39 is 9.84 Å². The Kier molecular flexibility index (Phi) is 4.17. The summed E-state index contributed by atoms with van der Waals surface area (Å²) in [5.41, 5.74) is 7.38. The monoisotopic (exact) mass is 375 g/mol. The van der Waals surface area contributed by atoms with Gasteiger partial charge in [-0.1, -0.05) is 0 Å². The lowest BCUT2D eigenvalue weighted by Gasteiger charge is -2.11. The molecule has 5 nitrogen and oxygen atoms in total. The van der Waals surface area contributed by atoms with Crippen LogP contribution in [0.25, 0.3) is 11.1 Å². The van der Waals surface area contributed by atoms with Gasteiger partial charge in [-0.2, -0.15) is 5.10 Å². The summed E-state index contributed by atoms with van der Waals surface area (Å²) in [6.07, 6.45) is 4.67. The molecule has 0 fully saturated rings. The largest absolute Gasteiger partial charge is 0.383 e. The number of aryl methyl sites for hydroxylation is 1. The maximum absolute atomic E-state index is 12.0. The number of nitrogens with zero attached hydrogens (tertiary/aromatic N) is 2. The minimum Gasteiger partial charge on any atom is -0.383 e. The van der Waals surface area contributed by atoms with E-state index in [0.29, 0.717) is 16.3 Å². The van der Waals surface area contributed by atoms with Crippen molar-refractivity contribution in [2.75, 3.05) is 18.2 Å². The van der Waals surface area contributed by atoms with Gasteiger partial charge >= 0.3 is 0 Å². The zero-order chi connectivity index (χ0) is 15.1. The zero-order valence-corrected chi connectivity index (χ0v) is 14.4. The molecule has 0 spiro atoms. The summed E-state index contributed by atoms with van der Waals surface area (Å²) in [6.45, 7) is 0. The van der Waals surface area contributed by atoms with E-state index >= 15 is 0 Å². The second-order valence-corrected chi connectivity index (χ2v) is 7.98. The molecule has 108 valence electrons. The average molecular weight is 376 g/mol. The lowest BCUT2D eigenvalue weighted by atomic mass is 10.1. The summed E-state index contributed by atoms with van der Waals surface area (Å²) in [5.74, 6) is 0.494. The number of halogens is 1. The van der Waals surface area contributed by atoms with Crippen LogP contribution in [-0.4, -0.2) is 30.7 Å². The third-order valence-electron chi connectivity index (χ3n) is 2.91. The highest BCUT2D eigenvalue weighted by Gasteiger charge is 2.19. The number of nitrogen functional groups attached to an aromatic ring is 1. The predicted molar refractivity (Wildman–Crippen MR) is 85.6 cm³/mol. The van der Waals surface area contributed by atoms with Crippen molar-refractivity contribution < 1.29 is 8.42 Å². The normalized spacial score (nSPS) is 11.8. The fourth-order valence-corrected chi connectivity index (χ4v) is 4.95. The second-order valence-electron chi connectivity index (χ2n) is 4.33. The van der Waals surface area contributed by atoms with Crippen molar-refractivity contribution in [3.05, 3.63) is 22.8 Å². The molecule has 20 heavy (non-hydrogen) atoms. The summed E-state index contributed by atoms with van der Waals surface area (Å²) < 4.78 is 26.2. The summed E-state index contributed by atoms with van der Waals surface area (Å²) in [6, 6.07) is 3.49. The number of benzene rings is 1. The smallest absolute Gasteiger partial charge is 0.176 e. The molecule has 1 aromatic carbocycles. The van der Waals surface area contributed by atoms with Crippen molar-refractivity contribution in [3.63, 3.8) is 0 Å².